The Morgan fingerprint density at radius 1 is 0.913 bits per heavy atom. The summed E-state index contributed by atoms with van der Waals surface area (Å²) in [7, 11) is 0. The summed E-state index contributed by atoms with van der Waals surface area (Å²) in [6.07, 6.45) is 3.08. The lowest BCUT2D eigenvalue weighted by Crippen LogP contribution is -2.52. The van der Waals surface area contributed by atoms with Crippen LogP contribution in [-0.4, -0.2) is 58.9 Å². The van der Waals surface area contributed by atoms with Crippen molar-refractivity contribution in [2.75, 3.05) is 26.2 Å². The van der Waals surface area contributed by atoms with Gasteiger partial charge in [-0.2, -0.15) is 0 Å². The van der Waals surface area contributed by atoms with Crippen molar-refractivity contribution < 1.29 is 19.5 Å². The van der Waals surface area contributed by atoms with E-state index in [0.29, 0.717) is 26.2 Å². The molecule has 6 nitrogen and oxygen atoms in total. The molecular weight excluding hydrogens is 296 g/mol. The molecule has 2 aliphatic rings. The summed E-state index contributed by atoms with van der Waals surface area (Å²) in [4.78, 5) is 39.5. The summed E-state index contributed by atoms with van der Waals surface area (Å²) in [6.45, 7) is 1.95. The molecule has 3 rings (SSSR count). The van der Waals surface area contributed by atoms with Gasteiger partial charge in [-0.1, -0.05) is 18.6 Å². The predicted octanol–water partition coefficient (Wildman–Crippen LogP) is 1.47. The number of rotatable bonds is 3. The summed E-state index contributed by atoms with van der Waals surface area (Å²) in [5.74, 6) is -1.01. The van der Waals surface area contributed by atoms with Crippen LogP contribution in [-0.2, 0) is 4.79 Å². The first-order valence-corrected chi connectivity index (χ1v) is 7.98. The minimum Gasteiger partial charge on any atom is -0.478 e. The highest BCUT2D eigenvalue weighted by Gasteiger charge is 2.32. The number of carboxylic acid groups (broad SMARTS) is 1. The van der Waals surface area contributed by atoms with Crippen molar-refractivity contribution in [2.45, 2.75) is 19.3 Å². The molecule has 2 fully saturated rings. The van der Waals surface area contributed by atoms with Gasteiger partial charge in [-0.3, -0.25) is 9.59 Å². The molecule has 1 aromatic rings. The number of carboxylic acids is 1. The summed E-state index contributed by atoms with van der Waals surface area (Å²) < 4.78 is 0. The second kappa shape index (κ2) is 6.40. The van der Waals surface area contributed by atoms with E-state index >= 15 is 0 Å². The lowest BCUT2D eigenvalue weighted by molar-refractivity contribution is -0.139. The predicted molar refractivity (Wildman–Crippen MR) is 83.2 cm³/mol. The molecule has 1 heterocycles. The number of carbonyl (C=O) groups is 3. The summed E-state index contributed by atoms with van der Waals surface area (Å²) in [5, 5.41) is 9.20. The number of piperazine rings is 1. The first-order valence-electron chi connectivity index (χ1n) is 7.98. The van der Waals surface area contributed by atoms with Gasteiger partial charge in [-0.25, -0.2) is 4.79 Å². The summed E-state index contributed by atoms with van der Waals surface area (Å²) >= 11 is 0. The van der Waals surface area contributed by atoms with Crippen molar-refractivity contribution in [3.63, 3.8) is 0 Å². The van der Waals surface area contributed by atoms with Crippen molar-refractivity contribution >= 4 is 17.8 Å². The van der Waals surface area contributed by atoms with Crippen LogP contribution in [0.2, 0.25) is 0 Å². The third kappa shape index (κ3) is 3.06. The van der Waals surface area contributed by atoms with Crippen LogP contribution in [0.5, 0.6) is 0 Å². The van der Waals surface area contributed by atoms with Crippen LogP contribution in [0.25, 0.3) is 0 Å². The molecule has 0 radical (unpaired) electrons. The van der Waals surface area contributed by atoms with E-state index < -0.39 is 5.97 Å². The molecule has 0 spiro atoms. The molecule has 1 aliphatic carbocycles. The van der Waals surface area contributed by atoms with Crippen LogP contribution in [0.4, 0.5) is 0 Å². The normalized spacial score (nSPS) is 18.4. The number of hydrogen-bond donors (Lipinski definition) is 1. The van der Waals surface area contributed by atoms with E-state index in [-0.39, 0.29) is 28.9 Å². The maximum absolute atomic E-state index is 12.6. The SMILES string of the molecule is O=C(O)c1ccccc1C(=O)N1CCN(C(=O)C2CCC2)CC1. The molecule has 0 atom stereocenters. The fourth-order valence-corrected chi connectivity index (χ4v) is 3.07. The van der Waals surface area contributed by atoms with Crippen LogP contribution in [0.15, 0.2) is 24.3 Å². The molecule has 122 valence electrons. The molecule has 23 heavy (non-hydrogen) atoms. The molecule has 1 N–H and O–H groups in total. The minimum absolute atomic E-state index is 0.0190. The van der Waals surface area contributed by atoms with Gasteiger partial charge in [0.1, 0.15) is 0 Å². The second-order valence-electron chi connectivity index (χ2n) is 6.10. The number of amides is 2. The van der Waals surface area contributed by atoms with E-state index in [2.05, 4.69) is 0 Å². The monoisotopic (exact) mass is 316 g/mol. The molecule has 6 heteroatoms. The number of aromatic carboxylic acids is 1. The fraction of sp³-hybridized carbons (Fsp3) is 0.471. The van der Waals surface area contributed by atoms with Crippen molar-refractivity contribution in [1.82, 2.24) is 9.80 Å². The van der Waals surface area contributed by atoms with E-state index in [9.17, 15) is 19.5 Å². The topological polar surface area (TPSA) is 77.9 Å². The Kier molecular flexibility index (Phi) is 4.32. The highest BCUT2D eigenvalue weighted by molar-refractivity contribution is 6.04. The van der Waals surface area contributed by atoms with Crippen molar-refractivity contribution in [1.29, 1.82) is 0 Å². The van der Waals surface area contributed by atoms with Crippen LogP contribution >= 0.6 is 0 Å². The fourth-order valence-electron chi connectivity index (χ4n) is 3.07. The Hall–Kier alpha value is -2.37. The highest BCUT2D eigenvalue weighted by atomic mass is 16.4. The quantitative estimate of drug-likeness (QED) is 0.916. The maximum Gasteiger partial charge on any atom is 0.336 e. The third-order valence-corrected chi connectivity index (χ3v) is 4.72. The largest absolute Gasteiger partial charge is 0.478 e. The van der Waals surface area contributed by atoms with Crippen molar-refractivity contribution in [3.8, 4) is 0 Å². The molecule has 1 saturated carbocycles. The average molecular weight is 316 g/mol. The van der Waals surface area contributed by atoms with Crippen molar-refractivity contribution in [2.24, 2.45) is 5.92 Å². The van der Waals surface area contributed by atoms with Gasteiger partial charge in [0.2, 0.25) is 5.91 Å². The minimum atomic E-state index is -1.10. The van der Waals surface area contributed by atoms with Gasteiger partial charge in [-0.05, 0) is 25.0 Å². The van der Waals surface area contributed by atoms with Gasteiger partial charge in [0.05, 0.1) is 11.1 Å². The van der Waals surface area contributed by atoms with Gasteiger partial charge in [-0.15, -0.1) is 0 Å². The van der Waals surface area contributed by atoms with Gasteiger partial charge in [0.15, 0.2) is 0 Å². The van der Waals surface area contributed by atoms with Gasteiger partial charge in [0, 0.05) is 32.1 Å². The molecular formula is C17H20N2O4. The molecule has 0 aromatic heterocycles. The Morgan fingerprint density at radius 3 is 2.00 bits per heavy atom. The lowest BCUT2D eigenvalue weighted by atomic mass is 9.84. The maximum atomic E-state index is 12.6. The zero-order valence-electron chi connectivity index (χ0n) is 12.9. The first kappa shape index (κ1) is 15.5. The number of carbonyl (C=O) groups excluding carboxylic acids is 2. The summed E-state index contributed by atoms with van der Waals surface area (Å²) in [6, 6.07) is 6.25. The number of nitrogens with zero attached hydrogens (tertiary/aromatic N) is 2. The van der Waals surface area contributed by atoms with E-state index in [1.807, 2.05) is 4.90 Å². The van der Waals surface area contributed by atoms with E-state index in [1.54, 1.807) is 17.0 Å². The van der Waals surface area contributed by atoms with E-state index in [1.165, 1.54) is 12.1 Å². The van der Waals surface area contributed by atoms with E-state index in [4.69, 9.17) is 0 Å². The molecule has 0 bridgehead atoms. The number of hydrogen-bond acceptors (Lipinski definition) is 3. The van der Waals surface area contributed by atoms with Gasteiger partial charge >= 0.3 is 5.97 Å². The average Bonchev–Trinajstić information content (AvgIpc) is 2.52. The smallest absolute Gasteiger partial charge is 0.336 e. The lowest BCUT2D eigenvalue weighted by Gasteiger charge is -2.38. The van der Waals surface area contributed by atoms with Gasteiger partial charge < -0.3 is 14.9 Å². The zero-order valence-corrected chi connectivity index (χ0v) is 12.9. The Bertz CT molecular complexity index is 631. The Balaban J connectivity index is 1.64. The molecule has 1 aromatic carbocycles. The Labute approximate surface area is 134 Å². The third-order valence-electron chi connectivity index (χ3n) is 4.72. The van der Waals surface area contributed by atoms with Crippen LogP contribution in [0.3, 0.4) is 0 Å². The van der Waals surface area contributed by atoms with Gasteiger partial charge in [0.25, 0.3) is 5.91 Å². The van der Waals surface area contributed by atoms with Crippen LogP contribution in [0, 0.1) is 5.92 Å². The standard InChI is InChI=1S/C17H20N2O4/c20-15(12-4-3-5-12)18-8-10-19(11-9-18)16(21)13-6-1-2-7-14(13)17(22)23/h1-2,6-7,12H,3-5,8-11H2,(H,22,23). The second-order valence-corrected chi connectivity index (χ2v) is 6.10. The highest BCUT2D eigenvalue weighted by Crippen LogP contribution is 2.28. The summed E-state index contributed by atoms with van der Waals surface area (Å²) in [5.41, 5.74) is 0.226. The molecule has 1 saturated heterocycles. The molecule has 1 aliphatic heterocycles. The first-order chi connectivity index (χ1) is 11.1. The molecule has 2 amide bonds. The van der Waals surface area contributed by atoms with E-state index in [0.717, 1.165) is 19.3 Å². The van der Waals surface area contributed by atoms with Crippen LogP contribution < -0.4 is 0 Å². The molecule has 0 unspecified atom stereocenters. The van der Waals surface area contributed by atoms with Crippen molar-refractivity contribution in [3.05, 3.63) is 35.4 Å². The zero-order chi connectivity index (χ0) is 16.4. The Morgan fingerprint density at radius 2 is 1.48 bits per heavy atom. The number of benzene rings is 1. The van der Waals surface area contributed by atoms with Crippen LogP contribution in [0.1, 0.15) is 40.0 Å².